The number of aliphatic hydroxyl groups excluding tert-OH is 1. The van der Waals surface area contributed by atoms with Gasteiger partial charge in [0.25, 0.3) is 5.69 Å². The van der Waals surface area contributed by atoms with E-state index in [0.29, 0.717) is 32.2 Å². The molecule has 0 aliphatic carbocycles. The number of methoxy groups -OCH3 is 1. The third-order valence-electron chi connectivity index (χ3n) is 3.67. The summed E-state index contributed by atoms with van der Waals surface area (Å²) in [7, 11) is 1.10. The number of halogens is 1. The van der Waals surface area contributed by atoms with Crippen LogP contribution in [-0.2, 0) is 9.47 Å². The van der Waals surface area contributed by atoms with Gasteiger partial charge in [-0.15, -0.1) is 0 Å². The average molecular weight is 328 g/mol. The summed E-state index contributed by atoms with van der Waals surface area (Å²) in [5.74, 6) is -1.72. The van der Waals surface area contributed by atoms with Crippen LogP contribution in [0.4, 0.5) is 15.8 Å². The van der Waals surface area contributed by atoms with E-state index in [-0.39, 0.29) is 23.9 Å². The number of benzene rings is 1. The van der Waals surface area contributed by atoms with E-state index in [1.165, 1.54) is 0 Å². The van der Waals surface area contributed by atoms with Gasteiger partial charge in [-0.25, -0.2) is 9.18 Å². The Labute approximate surface area is 131 Å². The van der Waals surface area contributed by atoms with E-state index in [4.69, 9.17) is 9.84 Å². The Balaban J connectivity index is 2.49. The van der Waals surface area contributed by atoms with Gasteiger partial charge in [0.05, 0.1) is 43.0 Å². The zero-order valence-corrected chi connectivity index (χ0v) is 12.5. The number of rotatable bonds is 5. The molecule has 1 aromatic carbocycles. The van der Waals surface area contributed by atoms with Crippen LogP contribution in [0.5, 0.6) is 0 Å². The highest BCUT2D eigenvalue weighted by atomic mass is 19.1. The maximum absolute atomic E-state index is 14.4. The summed E-state index contributed by atoms with van der Waals surface area (Å²) < 4.78 is 24.2. The molecule has 1 aliphatic heterocycles. The molecule has 1 aliphatic rings. The number of carbonyl (C=O) groups excluding carboxylic acids is 1. The zero-order chi connectivity index (χ0) is 17.0. The number of morpholine rings is 1. The van der Waals surface area contributed by atoms with Crippen molar-refractivity contribution in [3.05, 3.63) is 33.6 Å². The highest BCUT2D eigenvalue weighted by molar-refractivity contribution is 5.95. The second-order valence-electron chi connectivity index (χ2n) is 5.00. The van der Waals surface area contributed by atoms with Gasteiger partial charge >= 0.3 is 5.97 Å². The third kappa shape index (κ3) is 3.57. The molecule has 1 heterocycles. The molecule has 0 amide bonds. The number of esters is 1. The van der Waals surface area contributed by atoms with E-state index in [0.717, 1.165) is 13.2 Å². The molecule has 0 radical (unpaired) electrons. The molecule has 8 nitrogen and oxygen atoms in total. The predicted octanol–water partition coefficient (Wildman–Crippen LogP) is 1.11. The van der Waals surface area contributed by atoms with E-state index < -0.39 is 22.4 Å². The number of ether oxygens (including phenoxy) is 2. The number of nitrogens with zero attached hydrogens (tertiary/aromatic N) is 2. The second-order valence-corrected chi connectivity index (χ2v) is 5.00. The highest BCUT2D eigenvalue weighted by Crippen LogP contribution is 2.31. The molecule has 1 unspecified atom stereocenters. The largest absolute Gasteiger partial charge is 0.465 e. The van der Waals surface area contributed by atoms with Crippen molar-refractivity contribution in [2.75, 3.05) is 38.4 Å². The van der Waals surface area contributed by atoms with Crippen molar-refractivity contribution < 1.29 is 28.7 Å². The number of anilines is 1. The molecule has 1 saturated heterocycles. The van der Waals surface area contributed by atoms with E-state index in [1.54, 1.807) is 4.90 Å². The minimum absolute atomic E-state index is 0.0535. The first-order chi connectivity index (χ1) is 11.0. The molecule has 0 aromatic heterocycles. The molecule has 126 valence electrons. The number of hydrogen-bond acceptors (Lipinski definition) is 7. The molecule has 23 heavy (non-hydrogen) atoms. The molecule has 1 N–H and O–H groups in total. The number of aliphatic hydroxyl groups is 1. The van der Waals surface area contributed by atoms with Crippen LogP contribution in [-0.4, -0.2) is 55.5 Å². The van der Waals surface area contributed by atoms with Crippen LogP contribution >= 0.6 is 0 Å². The fourth-order valence-electron chi connectivity index (χ4n) is 2.56. The van der Waals surface area contributed by atoms with Crippen LogP contribution in [0.3, 0.4) is 0 Å². The third-order valence-corrected chi connectivity index (χ3v) is 3.67. The van der Waals surface area contributed by atoms with Gasteiger partial charge in [-0.3, -0.25) is 10.1 Å². The summed E-state index contributed by atoms with van der Waals surface area (Å²) in [5.41, 5.74) is -0.911. The molecule has 0 spiro atoms. The maximum atomic E-state index is 14.4. The Morgan fingerprint density at radius 3 is 2.96 bits per heavy atom. The van der Waals surface area contributed by atoms with Crippen LogP contribution in [0, 0.1) is 15.9 Å². The van der Waals surface area contributed by atoms with Crippen LogP contribution in [0.25, 0.3) is 0 Å². The van der Waals surface area contributed by atoms with Crippen molar-refractivity contribution in [3.63, 3.8) is 0 Å². The summed E-state index contributed by atoms with van der Waals surface area (Å²) in [6.45, 7) is 0.888. The molecule has 0 saturated carbocycles. The Morgan fingerprint density at radius 2 is 2.35 bits per heavy atom. The normalized spacial score (nSPS) is 17.9. The maximum Gasteiger partial charge on any atom is 0.344 e. The highest BCUT2D eigenvalue weighted by Gasteiger charge is 2.30. The monoisotopic (exact) mass is 328 g/mol. The lowest BCUT2D eigenvalue weighted by Crippen LogP contribution is -2.46. The summed E-state index contributed by atoms with van der Waals surface area (Å²) in [4.78, 5) is 23.6. The van der Waals surface area contributed by atoms with Gasteiger partial charge in [0.15, 0.2) is 5.82 Å². The number of carbonyl (C=O) groups is 1. The molecule has 1 aromatic rings. The van der Waals surface area contributed by atoms with Crippen molar-refractivity contribution in [1.82, 2.24) is 0 Å². The van der Waals surface area contributed by atoms with Crippen LogP contribution in [0.15, 0.2) is 12.1 Å². The van der Waals surface area contributed by atoms with Crippen LogP contribution in [0.2, 0.25) is 0 Å². The lowest BCUT2D eigenvalue weighted by molar-refractivity contribution is -0.385. The molecule has 1 atom stereocenters. The van der Waals surface area contributed by atoms with Gasteiger partial charge in [-0.2, -0.15) is 0 Å². The summed E-state index contributed by atoms with van der Waals surface area (Å²) in [5, 5.41) is 20.1. The fraction of sp³-hybridized carbons (Fsp3) is 0.500. The minimum atomic E-state index is -0.912. The predicted molar refractivity (Wildman–Crippen MR) is 78.0 cm³/mol. The van der Waals surface area contributed by atoms with Gasteiger partial charge in [0, 0.05) is 13.2 Å². The number of hydrogen-bond donors (Lipinski definition) is 1. The van der Waals surface area contributed by atoms with Crippen molar-refractivity contribution in [2.24, 2.45) is 0 Å². The fourth-order valence-corrected chi connectivity index (χ4v) is 2.56. The molecule has 9 heteroatoms. The first-order valence-electron chi connectivity index (χ1n) is 7.01. The average Bonchev–Trinajstić information content (AvgIpc) is 2.55. The SMILES string of the molecule is COC(=O)c1cc(N2CCOCC2CCO)c(F)cc1[N+](=O)[O-]. The van der Waals surface area contributed by atoms with E-state index >= 15 is 0 Å². The van der Waals surface area contributed by atoms with Gasteiger partial charge in [0.2, 0.25) is 0 Å². The van der Waals surface area contributed by atoms with Crippen molar-refractivity contribution in [1.29, 1.82) is 0 Å². The first-order valence-corrected chi connectivity index (χ1v) is 7.01. The van der Waals surface area contributed by atoms with Crippen LogP contribution in [0.1, 0.15) is 16.8 Å². The quantitative estimate of drug-likeness (QED) is 0.490. The summed E-state index contributed by atoms with van der Waals surface area (Å²) in [6, 6.07) is 1.55. The van der Waals surface area contributed by atoms with E-state index in [2.05, 4.69) is 4.74 Å². The Bertz CT molecular complexity index is 607. The molecular formula is C14H17FN2O6. The Morgan fingerprint density at radius 1 is 1.61 bits per heavy atom. The van der Waals surface area contributed by atoms with Crippen LogP contribution < -0.4 is 4.90 Å². The number of nitro benzene ring substituents is 1. The molecular weight excluding hydrogens is 311 g/mol. The topological polar surface area (TPSA) is 102 Å². The molecule has 2 rings (SSSR count). The molecule has 1 fully saturated rings. The van der Waals surface area contributed by atoms with Crippen molar-refractivity contribution >= 4 is 17.3 Å². The second kappa shape index (κ2) is 7.34. The first kappa shape index (κ1) is 17.1. The summed E-state index contributed by atoms with van der Waals surface area (Å²) in [6.07, 6.45) is 0.351. The molecule has 0 bridgehead atoms. The van der Waals surface area contributed by atoms with Gasteiger partial charge in [-0.05, 0) is 12.5 Å². The summed E-state index contributed by atoms with van der Waals surface area (Å²) >= 11 is 0. The number of nitro groups is 1. The van der Waals surface area contributed by atoms with E-state index in [9.17, 15) is 19.3 Å². The Hall–Kier alpha value is -2.26. The Kier molecular flexibility index (Phi) is 5.45. The van der Waals surface area contributed by atoms with Gasteiger partial charge in [0.1, 0.15) is 5.56 Å². The smallest absolute Gasteiger partial charge is 0.344 e. The lowest BCUT2D eigenvalue weighted by atomic mass is 10.1. The lowest BCUT2D eigenvalue weighted by Gasteiger charge is -2.37. The van der Waals surface area contributed by atoms with Gasteiger partial charge < -0.3 is 19.5 Å². The van der Waals surface area contributed by atoms with Crippen molar-refractivity contribution in [2.45, 2.75) is 12.5 Å². The van der Waals surface area contributed by atoms with Gasteiger partial charge in [-0.1, -0.05) is 0 Å². The van der Waals surface area contributed by atoms with E-state index in [1.807, 2.05) is 0 Å². The van der Waals surface area contributed by atoms with Crippen molar-refractivity contribution in [3.8, 4) is 0 Å². The standard InChI is InChI=1S/C14H17FN2O6/c1-22-14(19)10-6-13(11(15)7-12(10)17(20)21)16-3-5-23-8-9(16)2-4-18/h6-7,9,18H,2-5,8H2,1H3. The minimum Gasteiger partial charge on any atom is -0.465 e. The zero-order valence-electron chi connectivity index (χ0n) is 12.5.